The van der Waals surface area contributed by atoms with E-state index in [-0.39, 0.29) is 19.3 Å². The second-order valence-electron chi connectivity index (χ2n) is 6.63. The van der Waals surface area contributed by atoms with E-state index in [1.54, 1.807) is 11.0 Å². The van der Waals surface area contributed by atoms with Crippen LogP contribution in [0.1, 0.15) is 31.9 Å². The van der Waals surface area contributed by atoms with Gasteiger partial charge in [0, 0.05) is 12.1 Å². The van der Waals surface area contributed by atoms with E-state index >= 15 is 0 Å². The lowest BCUT2D eigenvalue weighted by Crippen LogP contribution is -3.10. The summed E-state index contributed by atoms with van der Waals surface area (Å²) in [5, 5.41) is 4.09. The number of amides is 4. The second kappa shape index (κ2) is 7.67. The molecule has 1 unspecified atom stereocenters. The van der Waals surface area contributed by atoms with Gasteiger partial charge in [-0.05, 0) is 25.5 Å². The first-order valence-electron chi connectivity index (χ1n) is 8.88. The average Bonchev–Trinajstić information content (AvgIpc) is 3.28. The first kappa shape index (κ1) is 18.7. The first-order chi connectivity index (χ1) is 12.9. The van der Waals surface area contributed by atoms with Crippen molar-refractivity contribution in [2.24, 2.45) is 0 Å². The van der Waals surface area contributed by atoms with Gasteiger partial charge in [-0.1, -0.05) is 19.1 Å². The van der Waals surface area contributed by atoms with E-state index < -0.39 is 17.8 Å². The zero-order valence-electron chi connectivity index (χ0n) is 15.6. The summed E-state index contributed by atoms with van der Waals surface area (Å²) in [7, 11) is 1.89. The summed E-state index contributed by atoms with van der Waals surface area (Å²) in [6.07, 6.45) is 3.72. The molecule has 1 aromatic heterocycles. The van der Waals surface area contributed by atoms with Crippen LogP contribution in [0.15, 0.2) is 36.9 Å². The Hall–Kier alpha value is -3.07. The molecule has 4 amide bonds. The van der Waals surface area contributed by atoms with E-state index in [0.717, 1.165) is 26.0 Å². The second-order valence-corrected chi connectivity index (χ2v) is 6.63. The predicted molar refractivity (Wildman–Crippen MR) is 95.8 cm³/mol. The SMILES string of the molecule is CCCN1C(=O)C(=O)N(C[NH+](C)[C@H](C)c2ccc(-n3cncn3)cc2)C1=O. The van der Waals surface area contributed by atoms with Crippen molar-refractivity contribution in [2.75, 3.05) is 20.3 Å². The third-order valence-electron chi connectivity index (χ3n) is 4.81. The summed E-state index contributed by atoms with van der Waals surface area (Å²) < 4.78 is 1.67. The zero-order chi connectivity index (χ0) is 19.6. The largest absolute Gasteiger partial charge is 0.338 e. The number of urea groups is 1. The molecule has 2 heterocycles. The fourth-order valence-electron chi connectivity index (χ4n) is 3.04. The van der Waals surface area contributed by atoms with Crippen LogP contribution in [0.2, 0.25) is 0 Å². The molecule has 9 heteroatoms. The summed E-state index contributed by atoms with van der Waals surface area (Å²) in [6.45, 7) is 4.26. The molecule has 27 heavy (non-hydrogen) atoms. The fourth-order valence-corrected chi connectivity index (χ4v) is 3.04. The number of hydrogen-bond acceptors (Lipinski definition) is 5. The maximum absolute atomic E-state index is 12.4. The normalized spacial score (nSPS) is 16.9. The topological polar surface area (TPSA) is 92.8 Å². The number of imide groups is 2. The molecule has 1 aliphatic heterocycles. The van der Waals surface area contributed by atoms with Gasteiger partial charge < -0.3 is 4.90 Å². The third kappa shape index (κ3) is 3.59. The number of hydrogen-bond donors (Lipinski definition) is 1. The van der Waals surface area contributed by atoms with E-state index in [0.29, 0.717) is 6.42 Å². The van der Waals surface area contributed by atoms with E-state index in [1.165, 1.54) is 6.33 Å². The zero-order valence-corrected chi connectivity index (χ0v) is 15.6. The van der Waals surface area contributed by atoms with Crippen LogP contribution in [0.25, 0.3) is 5.69 Å². The Labute approximate surface area is 157 Å². The van der Waals surface area contributed by atoms with Crippen LogP contribution in [0.5, 0.6) is 0 Å². The van der Waals surface area contributed by atoms with Gasteiger partial charge in [-0.15, -0.1) is 0 Å². The number of nitrogens with one attached hydrogen (secondary N) is 1. The van der Waals surface area contributed by atoms with Gasteiger partial charge in [0.1, 0.15) is 18.7 Å². The number of carbonyl (C=O) groups is 3. The molecule has 1 fully saturated rings. The Kier molecular flexibility index (Phi) is 5.31. The van der Waals surface area contributed by atoms with Crippen LogP contribution in [0.4, 0.5) is 4.79 Å². The maximum Gasteiger partial charge on any atom is 0.338 e. The number of quaternary nitrogens is 1. The van der Waals surface area contributed by atoms with E-state index in [4.69, 9.17) is 0 Å². The van der Waals surface area contributed by atoms with Crippen LogP contribution in [-0.2, 0) is 9.59 Å². The minimum Gasteiger partial charge on any atom is -0.314 e. The minimum absolute atomic E-state index is 0.0192. The monoisotopic (exact) mass is 371 g/mol. The molecule has 1 N–H and O–H groups in total. The van der Waals surface area contributed by atoms with Crippen molar-refractivity contribution < 1.29 is 19.3 Å². The number of nitrogens with zero attached hydrogens (tertiary/aromatic N) is 5. The van der Waals surface area contributed by atoms with E-state index in [9.17, 15) is 14.4 Å². The Morgan fingerprint density at radius 2 is 1.74 bits per heavy atom. The summed E-state index contributed by atoms with van der Waals surface area (Å²) in [6, 6.07) is 7.32. The number of rotatable bonds is 7. The molecule has 142 valence electrons. The van der Waals surface area contributed by atoms with Gasteiger partial charge >= 0.3 is 17.8 Å². The van der Waals surface area contributed by atoms with Crippen molar-refractivity contribution >= 4 is 17.8 Å². The summed E-state index contributed by atoms with van der Waals surface area (Å²) >= 11 is 0. The van der Waals surface area contributed by atoms with Crippen LogP contribution in [0.3, 0.4) is 0 Å². The Morgan fingerprint density at radius 3 is 2.33 bits per heavy atom. The predicted octanol–water partition coefficient (Wildman–Crippen LogP) is 0.00130. The molecular formula is C18H23N6O3+. The molecular weight excluding hydrogens is 348 g/mol. The summed E-state index contributed by atoms with van der Waals surface area (Å²) in [4.78, 5) is 43.4. The molecule has 0 bridgehead atoms. The Morgan fingerprint density at radius 1 is 1.07 bits per heavy atom. The van der Waals surface area contributed by atoms with Crippen LogP contribution in [-0.4, -0.2) is 62.7 Å². The minimum atomic E-state index is -0.749. The van der Waals surface area contributed by atoms with Crippen LogP contribution >= 0.6 is 0 Å². The molecule has 2 aromatic rings. The quantitative estimate of drug-likeness (QED) is 0.546. The van der Waals surface area contributed by atoms with Crippen molar-refractivity contribution in [2.45, 2.75) is 26.3 Å². The molecule has 1 saturated heterocycles. The van der Waals surface area contributed by atoms with Crippen molar-refractivity contribution in [1.29, 1.82) is 0 Å². The molecule has 3 rings (SSSR count). The highest BCUT2D eigenvalue weighted by Crippen LogP contribution is 2.14. The lowest BCUT2D eigenvalue weighted by Gasteiger charge is -2.25. The van der Waals surface area contributed by atoms with Gasteiger partial charge in [-0.2, -0.15) is 5.10 Å². The molecule has 0 saturated carbocycles. The van der Waals surface area contributed by atoms with Crippen LogP contribution < -0.4 is 4.90 Å². The lowest BCUT2D eigenvalue weighted by atomic mass is 10.1. The fraction of sp³-hybridized carbons (Fsp3) is 0.389. The smallest absolute Gasteiger partial charge is 0.314 e. The molecule has 0 aliphatic carbocycles. The molecule has 1 aliphatic rings. The molecule has 0 spiro atoms. The van der Waals surface area contributed by atoms with Crippen molar-refractivity contribution in [3.05, 3.63) is 42.5 Å². The van der Waals surface area contributed by atoms with Crippen molar-refractivity contribution in [1.82, 2.24) is 24.6 Å². The highest BCUT2D eigenvalue weighted by atomic mass is 16.2. The van der Waals surface area contributed by atoms with Gasteiger partial charge in [0.15, 0.2) is 6.67 Å². The van der Waals surface area contributed by atoms with Gasteiger partial charge in [0.25, 0.3) is 0 Å². The molecule has 9 nitrogen and oxygen atoms in total. The highest BCUT2D eigenvalue weighted by molar-refractivity contribution is 6.44. The van der Waals surface area contributed by atoms with E-state index in [2.05, 4.69) is 10.1 Å². The number of carbonyl (C=O) groups excluding carboxylic acids is 3. The Bertz CT molecular complexity index is 833. The standard InChI is InChI=1S/C18H22N6O3/c1-4-9-22-16(25)17(26)23(18(22)27)12-21(3)13(2)14-5-7-15(8-6-14)24-11-19-10-20-24/h5-8,10-11,13H,4,9,12H2,1-3H3/p+1/t13-/m1/s1. The lowest BCUT2D eigenvalue weighted by molar-refractivity contribution is -0.917. The van der Waals surface area contributed by atoms with Crippen molar-refractivity contribution in [3.63, 3.8) is 0 Å². The van der Waals surface area contributed by atoms with Gasteiger partial charge in [0.05, 0.1) is 12.7 Å². The number of aromatic nitrogens is 3. The third-order valence-corrected chi connectivity index (χ3v) is 4.81. The first-order valence-corrected chi connectivity index (χ1v) is 8.88. The van der Waals surface area contributed by atoms with E-state index in [1.807, 2.05) is 45.2 Å². The van der Waals surface area contributed by atoms with Gasteiger partial charge in [-0.3, -0.25) is 14.5 Å². The highest BCUT2D eigenvalue weighted by Gasteiger charge is 2.45. The van der Waals surface area contributed by atoms with Gasteiger partial charge in [-0.25, -0.2) is 19.4 Å². The summed E-state index contributed by atoms with van der Waals surface area (Å²) in [5.41, 5.74) is 1.94. The molecule has 2 atom stereocenters. The number of benzene rings is 1. The molecule has 0 radical (unpaired) electrons. The van der Waals surface area contributed by atoms with Crippen LogP contribution in [0, 0.1) is 0 Å². The molecule has 1 aromatic carbocycles. The summed E-state index contributed by atoms with van der Waals surface area (Å²) in [5.74, 6) is -1.49. The average molecular weight is 371 g/mol. The Balaban J connectivity index is 1.68. The van der Waals surface area contributed by atoms with Gasteiger partial charge in [0.2, 0.25) is 0 Å². The van der Waals surface area contributed by atoms with Crippen molar-refractivity contribution in [3.8, 4) is 5.69 Å². The maximum atomic E-state index is 12.4.